The van der Waals surface area contributed by atoms with Crippen LogP contribution in [0.4, 0.5) is 0 Å². The van der Waals surface area contributed by atoms with Crippen molar-refractivity contribution in [3.63, 3.8) is 0 Å². The van der Waals surface area contributed by atoms with Crippen molar-refractivity contribution in [3.8, 4) is 5.75 Å². The molecule has 0 aliphatic carbocycles. The van der Waals surface area contributed by atoms with E-state index in [9.17, 15) is 8.42 Å². The maximum atomic E-state index is 12.5. The van der Waals surface area contributed by atoms with E-state index in [-0.39, 0.29) is 6.54 Å². The number of hydrogen-bond acceptors (Lipinski definition) is 4. The molecule has 0 amide bonds. The third-order valence-electron chi connectivity index (χ3n) is 3.86. The van der Waals surface area contributed by atoms with Crippen LogP contribution in [-0.2, 0) is 16.6 Å². The Labute approximate surface area is 146 Å². The molecule has 1 heterocycles. The van der Waals surface area contributed by atoms with Crippen LogP contribution in [-0.4, -0.2) is 15.5 Å². The molecular formula is C18H19NO3S2. The topological polar surface area (TPSA) is 55.4 Å². The lowest BCUT2D eigenvalue weighted by molar-refractivity contribution is 0.415. The normalized spacial score (nSPS) is 11.8. The van der Waals surface area contributed by atoms with Crippen molar-refractivity contribution in [1.29, 1.82) is 0 Å². The minimum absolute atomic E-state index is 0.263. The second-order valence-corrected chi connectivity index (χ2v) is 8.85. The number of methoxy groups -OCH3 is 1. The number of nitrogens with one attached hydrogen (secondary N) is 1. The van der Waals surface area contributed by atoms with Crippen molar-refractivity contribution in [2.75, 3.05) is 7.11 Å². The quantitative estimate of drug-likeness (QED) is 0.747. The molecule has 0 atom stereocenters. The van der Waals surface area contributed by atoms with Gasteiger partial charge in [0.1, 0.15) is 5.75 Å². The van der Waals surface area contributed by atoms with E-state index in [2.05, 4.69) is 4.72 Å². The van der Waals surface area contributed by atoms with Crippen LogP contribution in [0.2, 0.25) is 0 Å². The number of thiophene rings is 1. The summed E-state index contributed by atoms with van der Waals surface area (Å²) in [6, 6.07) is 13.4. The zero-order valence-electron chi connectivity index (χ0n) is 13.8. The van der Waals surface area contributed by atoms with Gasteiger partial charge in [-0.15, -0.1) is 11.3 Å². The van der Waals surface area contributed by atoms with Crippen molar-refractivity contribution in [2.24, 2.45) is 0 Å². The lowest BCUT2D eigenvalue weighted by Crippen LogP contribution is -2.23. The summed E-state index contributed by atoms with van der Waals surface area (Å²) in [5, 5.41) is 2.11. The molecule has 6 heteroatoms. The maximum absolute atomic E-state index is 12.5. The van der Waals surface area contributed by atoms with Crippen LogP contribution in [0.15, 0.2) is 47.4 Å². The van der Waals surface area contributed by atoms with E-state index in [0.717, 1.165) is 31.8 Å². The fourth-order valence-electron chi connectivity index (χ4n) is 2.64. The van der Waals surface area contributed by atoms with Crippen molar-refractivity contribution in [3.05, 3.63) is 57.8 Å². The van der Waals surface area contributed by atoms with E-state index in [1.807, 2.05) is 50.2 Å². The summed E-state index contributed by atoms with van der Waals surface area (Å²) in [4.78, 5) is 2.17. The summed E-state index contributed by atoms with van der Waals surface area (Å²) in [5.41, 5.74) is 0.917. The van der Waals surface area contributed by atoms with Crippen LogP contribution in [0.1, 0.15) is 15.3 Å². The third-order valence-corrected chi connectivity index (χ3v) is 6.49. The van der Waals surface area contributed by atoms with Gasteiger partial charge < -0.3 is 4.74 Å². The predicted molar refractivity (Wildman–Crippen MR) is 98.3 cm³/mol. The highest BCUT2D eigenvalue weighted by molar-refractivity contribution is 7.89. The molecule has 0 fully saturated rings. The molecule has 0 bridgehead atoms. The van der Waals surface area contributed by atoms with Crippen LogP contribution in [0.25, 0.3) is 10.8 Å². The Hall–Kier alpha value is -1.89. The lowest BCUT2D eigenvalue weighted by Gasteiger charge is -2.08. The molecule has 4 nitrogen and oxygen atoms in total. The van der Waals surface area contributed by atoms with E-state index in [1.165, 1.54) is 11.3 Å². The fraction of sp³-hybridized carbons (Fsp3) is 0.222. The predicted octanol–water partition coefficient (Wildman–Crippen LogP) is 4.01. The number of fused-ring (bicyclic) bond motifs is 1. The van der Waals surface area contributed by atoms with Crippen LogP contribution < -0.4 is 9.46 Å². The van der Waals surface area contributed by atoms with E-state index in [4.69, 9.17) is 4.74 Å². The number of aryl methyl sites for hydroxylation is 2. The van der Waals surface area contributed by atoms with Crippen molar-refractivity contribution >= 4 is 32.1 Å². The fourth-order valence-corrected chi connectivity index (χ4v) is 5.21. The highest BCUT2D eigenvalue weighted by Gasteiger charge is 2.18. The summed E-state index contributed by atoms with van der Waals surface area (Å²) in [6.07, 6.45) is 0. The van der Waals surface area contributed by atoms with Gasteiger partial charge in [-0.2, -0.15) is 0 Å². The smallest absolute Gasteiger partial charge is 0.241 e. The number of hydrogen-bond donors (Lipinski definition) is 1. The van der Waals surface area contributed by atoms with Crippen LogP contribution in [0.5, 0.6) is 5.75 Å². The monoisotopic (exact) mass is 361 g/mol. The first kappa shape index (κ1) is 17.0. The molecule has 2 aromatic carbocycles. The molecule has 0 spiro atoms. The molecule has 0 saturated heterocycles. The first-order chi connectivity index (χ1) is 11.4. The van der Waals surface area contributed by atoms with Gasteiger partial charge in [-0.1, -0.05) is 18.2 Å². The van der Waals surface area contributed by atoms with Gasteiger partial charge in [0.05, 0.1) is 12.0 Å². The molecule has 3 rings (SSSR count). The maximum Gasteiger partial charge on any atom is 0.241 e. The van der Waals surface area contributed by atoms with Gasteiger partial charge in [0, 0.05) is 16.3 Å². The summed E-state index contributed by atoms with van der Waals surface area (Å²) in [6.45, 7) is 4.00. The first-order valence-corrected chi connectivity index (χ1v) is 9.82. The standard InChI is InChI=1S/C18H19NO3S2/c1-12-8-18(13(2)23-12)24(20,21)19-11-14-4-5-16-10-17(22-3)7-6-15(16)9-14/h4-10,19H,11H2,1-3H3. The zero-order valence-corrected chi connectivity index (χ0v) is 15.4. The molecule has 126 valence electrons. The van der Waals surface area contributed by atoms with E-state index >= 15 is 0 Å². The van der Waals surface area contributed by atoms with Crippen molar-refractivity contribution < 1.29 is 13.2 Å². The Bertz CT molecular complexity index is 991. The molecular weight excluding hydrogens is 342 g/mol. The lowest BCUT2D eigenvalue weighted by atomic mass is 10.1. The number of ether oxygens (including phenoxy) is 1. The van der Waals surface area contributed by atoms with E-state index < -0.39 is 10.0 Å². The number of benzene rings is 2. The second-order valence-electron chi connectivity index (χ2n) is 5.65. The van der Waals surface area contributed by atoms with Gasteiger partial charge in [0.15, 0.2) is 0 Å². The van der Waals surface area contributed by atoms with Gasteiger partial charge >= 0.3 is 0 Å². The summed E-state index contributed by atoms with van der Waals surface area (Å²) in [7, 11) is -1.85. The second kappa shape index (κ2) is 6.55. The Balaban J connectivity index is 1.81. The first-order valence-electron chi connectivity index (χ1n) is 7.52. The zero-order chi connectivity index (χ0) is 17.3. The highest BCUT2D eigenvalue weighted by Crippen LogP contribution is 2.25. The van der Waals surface area contributed by atoms with Gasteiger partial charge in [-0.3, -0.25) is 0 Å². The van der Waals surface area contributed by atoms with Crippen LogP contribution >= 0.6 is 11.3 Å². The van der Waals surface area contributed by atoms with E-state index in [0.29, 0.717) is 4.90 Å². The molecule has 0 unspecified atom stereocenters. The summed E-state index contributed by atoms with van der Waals surface area (Å²) < 4.78 is 32.8. The largest absolute Gasteiger partial charge is 0.497 e. The number of rotatable bonds is 5. The third kappa shape index (κ3) is 3.45. The minimum atomic E-state index is -3.49. The van der Waals surface area contributed by atoms with E-state index in [1.54, 1.807) is 13.2 Å². The molecule has 0 saturated carbocycles. The Morgan fingerprint density at radius 3 is 2.42 bits per heavy atom. The highest BCUT2D eigenvalue weighted by atomic mass is 32.2. The van der Waals surface area contributed by atoms with Gasteiger partial charge in [0.2, 0.25) is 10.0 Å². The average molecular weight is 361 g/mol. The van der Waals surface area contributed by atoms with Crippen LogP contribution in [0, 0.1) is 13.8 Å². The summed E-state index contributed by atoms with van der Waals surface area (Å²) in [5.74, 6) is 0.805. The molecule has 0 aliphatic heterocycles. The number of sulfonamides is 1. The SMILES string of the molecule is COc1ccc2cc(CNS(=O)(=O)c3cc(C)sc3C)ccc2c1. The van der Waals surface area contributed by atoms with Crippen molar-refractivity contribution in [1.82, 2.24) is 4.72 Å². The van der Waals surface area contributed by atoms with Gasteiger partial charge in [0.25, 0.3) is 0 Å². The van der Waals surface area contributed by atoms with Crippen molar-refractivity contribution in [2.45, 2.75) is 25.3 Å². The minimum Gasteiger partial charge on any atom is -0.497 e. The summed E-state index contributed by atoms with van der Waals surface area (Å²) >= 11 is 1.49. The van der Waals surface area contributed by atoms with Gasteiger partial charge in [-0.25, -0.2) is 13.1 Å². The van der Waals surface area contributed by atoms with Gasteiger partial charge in [-0.05, 0) is 54.4 Å². The van der Waals surface area contributed by atoms with Crippen LogP contribution in [0.3, 0.4) is 0 Å². The molecule has 0 aliphatic rings. The average Bonchev–Trinajstić information content (AvgIpc) is 2.91. The molecule has 1 N–H and O–H groups in total. The Morgan fingerprint density at radius 1 is 1.04 bits per heavy atom. The Kier molecular flexibility index (Phi) is 4.62. The molecule has 1 aromatic heterocycles. The Morgan fingerprint density at radius 2 is 1.75 bits per heavy atom. The molecule has 0 radical (unpaired) electrons. The molecule has 24 heavy (non-hydrogen) atoms. The molecule has 3 aromatic rings.